The topological polar surface area (TPSA) is 51.7 Å². The number of carbonyl (C=O) groups is 1. The van der Waals surface area contributed by atoms with Gasteiger partial charge in [0.1, 0.15) is 11.9 Å². The summed E-state index contributed by atoms with van der Waals surface area (Å²) in [5.74, 6) is 0.695. The lowest BCUT2D eigenvalue weighted by Gasteiger charge is -2.17. The van der Waals surface area contributed by atoms with Crippen molar-refractivity contribution >= 4 is 28.0 Å². The van der Waals surface area contributed by atoms with Crippen molar-refractivity contribution in [1.82, 2.24) is 9.88 Å². The Kier molecular flexibility index (Phi) is 4.52. The van der Waals surface area contributed by atoms with Gasteiger partial charge in [-0.15, -0.1) is 0 Å². The lowest BCUT2D eigenvalue weighted by Crippen LogP contribution is -2.34. The van der Waals surface area contributed by atoms with Crippen LogP contribution in [0, 0.1) is 0 Å². The predicted molar refractivity (Wildman–Crippen MR) is 97.2 cm³/mol. The first-order valence-electron chi connectivity index (χ1n) is 8.23. The molecule has 2 heterocycles. The number of fused-ring (bicyclic) bond motifs is 1. The maximum absolute atomic E-state index is 12.4. The van der Waals surface area contributed by atoms with Gasteiger partial charge in [0.2, 0.25) is 0 Å². The highest BCUT2D eigenvalue weighted by atomic mass is 32.1. The summed E-state index contributed by atoms with van der Waals surface area (Å²) in [4.78, 5) is 18.3. The Morgan fingerprint density at radius 1 is 1.24 bits per heavy atom. The number of thiazole rings is 1. The molecule has 0 saturated carbocycles. The molecular formula is C19H18N2O3S. The highest BCUT2D eigenvalue weighted by molar-refractivity contribution is 7.11. The second-order valence-electron chi connectivity index (χ2n) is 5.96. The van der Waals surface area contributed by atoms with Crippen molar-refractivity contribution in [2.45, 2.75) is 12.5 Å². The van der Waals surface area contributed by atoms with Crippen molar-refractivity contribution in [3.05, 3.63) is 54.0 Å². The molecular weight excluding hydrogens is 336 g/mol. The van der Waals surface area contributed by atoms with Crippen LogP contribution < -0.4 is 9.47 Å². The van der Waals surface area contributed by atoms with Crippen LogP contribution in [0.15, 0.2) is 54.0 Å². The van der Waals surface area contributed by atoms with E-state index in [2.05, 4.69) is 11.1 Å². The molecule has 0 aliphatic carbocycles. The highest BCUT2D eigenvalue weighted by Crippen LogP contribution is 2.22. The van der Waals surface area contributed by atoms with Gasteiger partial charge in [0.25, 0.3) is 11.1 Å². The zero-order valence-electron chi connectivity index (χ0n) is 13.6. The quantitative estimate of drug-likeness (QED) is 0.705. The first-order valence-corrected chi connectivity index (χ1v) is 9.11. The standard InChI is InChI=1S/C19H18N2O3S/c22-18(21-9-7-17(12-21)24-19-20-8-10-25-19)13-23-16-6-5-14-3-1-2-4-15(14)11-16/h1-6,8,10-11,17H,7,9,12-13H2. The molecule has 2 aromatic carbocycles. The molecule has 1 amide bonds. The third-order valence-corrected chi connectivity index (χ3v) is 4.92. The molecule has 128 valence electrons. The summed E-state index contributed by atoms with van der Waals surface area (Å²) < 4.78 is 11.5. The molecule has 1 fully saturated rings. The van der Waals surface area contributed by atoms with Gasteiger partial charge >= 0.3 is 0 Å². The van der Waals surface area contributed by atoms with Crippen molar-refractivity contribution in [2.75, 3.05) is 19.7 Å². The summed E-state index contributed by atoms with van der Waals surface area (Å²) in [6.07, 6.45) is 2.55. The molecule has 1 atom stereocenters. The van der Waals surface area contributed by atoms with Gasteiger partial charge in [-0.1, -0.05) is 41.7 Å². The molecule has 1 aliphatic rings. The number of aromatic nitrogens is 1. The lowest BCUT2D eigenvalue weighted by atomic mass is 10.1. The van der Waals surface area contributed by atoms with E-state index in [4.69, 9.17) is 9.47 Å². The number of hydrogen-bond donors (Lipinski definition) is 0. The van der Waals surface area contributed by atoms with Gasteiger partial charge in [-0.3, -0.25) is 4.79 Å². The molecule has 4 rings (SSSR count). The van der Waals surface area contributed by atoms with E-state index in [9.17, 15) is 4.79 Å². The van der Waals surface area contributed by atoms with Crippen LogP contribution in [0.1, 0.15) is 6.42 Å². The fourth-order valence-electron chi connectivity index (χ4n) is 2.96. The van der Waals surface area contributed by atoms with Crippen LogP contribution in [-0.4, -0.2) is 41.6 Å². The van der Waals surface area contributed by atoms with Crippen molar-refractivity contribution in [1.29, 1.82) is 0 Å². The molecule has 5 nitrogen and oxygen atoms in total. The van der Waals surface area contributed by atoms with Crippen LogP contribution in [0.25, 0.3) is 10.8 Å². The Hall–Kier alpha value is -2.60. The van der Waals surface area contributed by atoms with Crippen LogP contribution in [0.4, 0.5) is 0 Å². The second kappa shape index (κ2) is 7.11. The number of rotatable bonds is 5. The Morgan fingerprint density at radius 2 is 2.12 bits per heavy atom. The van der Waals surface area contributed by atoms with Crippen LogP contribution in [0.5, 0.6) is 10.9 Å². The van der Waals surface area contributed by atoms with Crippen LogP contribution in [0.2, 0.25) is 0 Å². The van der Waals surface area contributed by atoms with E-state index in [1.165, 1.54) is 11.3 Å². The lowest BCUT2D eigenvalue weighted by molar-refractivity contribution is -0.132. The van der Waals surface area contributed by atoms with Gasteiger partial charge in [-0.05, 0) is 22.9 Å². The number of nitrogens with zero attached hydrogens (tertiary/aromatic N) is 2. The molecule has 3 aromatic rings. The maximum atomic E-state index is 12.4. The predicted octanol–water partition coefficient (Wildman–Crippen LogP) is 3.36. The molecule has 0 N–H and O–H groups in total. The Morgan fingerprint density at radius 3 is 2.96 bits per heavy atom. The monoisotopic (exact) mass is 354 g/mol. The van der Waals surface area contributed by atoms with Gasteiger partial charge in [0.15, 0.2) is 6.61 Å². The average Bonchev–Trinajstić information content (AvgIpc) is 3.32. The van der Waals surface area contributed by atoms with Crippen molar-refractivity contribution in [3.63, 3.8) is 0 Å². The molecule has 25 heavy (non-hydrogen) atoms. The fourth-order valence-corrected chi connectivity index (χ4v) is 3.51. The third-order valence-electron chi connectivity index (χ3n) is 4.26. The third kappa shape index (κ3) is 3.74. The van der Waals surface area contributed by atoms with Gasteiger partial charge in [0, 0.05) is 24.5 Å². The molecule has 0 radical (unpaired) electrons. The van der Waals surface area contributed by atoms with Crippen molar-refractivity contribution < 1.29 is 14.3 Å². The molecule has 0 bridgehead atoms. The van der Waals surface area contributed by atoms with Gasteiger partial charge in [-0.2, -0.15) is 0 Å². The first-order chi connectivity index (χ1) is 12.3. The molecule has 1 aromatic heterocycles. The second-order valence-corrected chi connectivity index (χ2v) is 6.82. The number of hydrogen-bond acceptors (Lipinski definition) is 5. The zero-order valence-corrected chi connectivity index (χ0v) is 14.4. The van der Waals surface area contributed by atoms with Crippen molar-refractivity contribution in [2.24, 2.45) is 0 Å². The van der Waals surface area contributed by atoms with E-state index in [-0.39, 0.29) is 18.6 Å². The van der Waals surface area contributed by atoms with Crippen molar-refractivity contribution in [3.8, 4) is 10.9 Å². The summed E-state index contributed by atoms with van der Waals surface area (Å²) in [7, 11) is 0. The minimum atomic E-state index is -0.0154. The normalized spacial score (nSPS) is 17.0. The summed E-state index contributed by atoms with van der Waals surface area (Å²) in [6.45, 7) is 1.32. The Balaban J connectivity index is 1.31. The fraction of sp³-hybridized carbons (Fsp3) is 0.263. The number of carbonyl (C=O) groups excluding carboxylic acids is 1. The Labute approximate surface area is 149 Å². The minimum absolute atomic E-state index is 0.00997. The highest BCUT2D eigenvalue weighted by Gasteiger charge is 2.28. The first kappa shape index (κ1) is 15.9. The van der Waals surface area contributed by atoms with E-state index in [1.54, 1.807) is 11.1 Å². The van der Waals surface area contributed by atoms with E-state index >= 15 is 0 Å². The molecule has 6 heteroatoms. The van der Waals surface area contributed by atoms with Crippen LogP contribution >= 0.6 is 11.3 Å². The van der Waals surface area contributed by atoms with E-state index in [0.717, 1.165) is 17.2 Å². The van der Waals surface area contributed by atoms with Crippen LogP contribution in [0.3, 0.4) is 0 Å². The summed E-state index contributed by atoms with van der Waals surface area (Å²) in [5.41, 5.74) is 0. The summed E-state index contributed by atoms with van der Waals surface area (Å²) in [6, 6.07) is 13.9. The largest absolute Gasteiger partial charge is 0.484 e. The molecule has 1 saturated heterocycles. The summed E-state index contributed by atoms with van der Waals surface area (Å²) >= 11 is 1.47. The Bertz CT molecular complexity index is 866. The minimum Gasteiger partial charge on any atom is -0.484 e. The molecule has 1 aliphatic heterocycles. The zero-order chi connectivity index (χ0) is 17.1. The van der Waals surface area contributed by atoms with Crippen LogP contribution in [-0.2, 0) is 4.79 Å². The van der Waals surface area contributed by atoms with Gasteiger partial charge in [-0.25, -0.2) is 4.98 Å². The molecule has 0 spiro atoms. The summed E-state index contributed by atoms with van der Waals surface area (Å²) in [5, 5.41) is 4.80. The van der Waals surface area contributed by atoms with E-state index in [0.29, 0.717) is 24.0 Å². The number of likely N-dealkylation sites (tertiary alicyclic amines) is 1. The number of ether oxygens (including phenoxy) is 2. The SMILES string of the molecule is O=C(COc1ccc2ccccc2c1)N1CCC(Oc2nccs2)C1. The van der Waals surface area contributed by atoms with Gasteiger partial charge < -0.3 is 14.4 Å². The molecule has 1 unspecified atom stereocenters. The smallest absolute Gasteiger partial charge is 0.273 e. The van der Waals surface area contributed by atoms with E-state index < -0.39 is 0 Å². The van der Waals surface area contributed by atoms with E-state index in [1.807, 2.05) is 41.8 Å². The van der Waals surface area contributed by atoms with Gasteiger partial charge in [0.05, 0.1) is 6.54 Å². The average molecular weight is 354 g/mol. The number of benzene rings is 2. The number of amides is 1. The maximum Gasteiger partial charge on any atom is 0.273 e.